The zero-order valence-corrected chi connectivity index (χ0v) is 9.95. The molecule has 1 aliphatic carbocycles. The quantitative estimate of drug-likeness (QED) is 0.771. The van der Waals surface area contributed by atoms with E-state index in [-0.39, 0.29) is 17.9 Å². The Morgan fingerprint density at radius 1 is 1.44 bits per heavy atom. The highest BCUT2D eigenvalue weighted by atomic mass is 16.4. The molecular formula is C11H16N4O3. The zero-order valence-electron chi connectivity index (χ0n) is 9.95. The minimum Gasteiger partial charge on any atom is -0.481 e. The van der Waals surface area contributed by atoms with Crippen LogP contribution in [0.3, 0.4) is 0 Å². The van der Waals surface area contributed by atoms with Crippen molar-refractivity contribution in [1.29, 1.82) is 0 Å². The Balaban J connectivity index is 1.70. The van der Waals surface area contributed by atoms with Gasteiger partial charge in [0.25, 0.3) is 0 Å². The Labute approximate surface area is 104 Å². The molecule has 0 bridgehead atoms. The first-order valence-corrected chi connectivity index (χ1v) is 5.99. The number of rotatable bonds is 5. The minimum atomic E-state index is -0.769. The lowest BCUT2D eigenvalue weighted by atomic mass is 10.1. The van der Waals surface area contributed by atoms with Gasteiger partial charge in [0.1, 0.15) is 12.7 Å². The summed E-state index contributed by atoms with van der Waals surface area (Å²) in [6.45, 7) is 0.487. The van der Waals surface area contributed by atoms with Gasteiger partial charge in [-0.25, -0.2) is 4.98 Å². The Morgan fingerprint density at radius 3 is 2.89 bits per heavy atom. The van der Waals surface area contributed by atoms with Gasteiger partial charge in [-0.05, 0) is 19.3 Å². The molecule has 2 atom stereocenters. The molecule has 7 nitrogen and oxygen atoms in total. The fraction of sp³-hybridized carbons (Fsp3) is 0.636. The van der Waals surface area contributed by atoms with Crippen LogP contribution in [0.15, 0.2) is 12.7 Å². The van der Waals surface area contributed by atoms with E-state index in [0.717, 1.165) is 6.42 Å². The van der Waals surface area contributed by atoms with Crippen LogP contribution in [-0.4, -0.2) is 37.8 Å². The summed E-state index contributed by atoms with van der Waals surface area (Å²) in [7, 11) is 0. The Bertz CT molecular complexity index is 418. The normalized spacial score (nSPS) is 22.9. The van der Waals surface area contributed by atoms with Crippen molar-refractivity contribution in [2.45, 2.75) is 38.3 Å². The van der Waals surface area contributed by atoms with Crippen LogP contribution in [0.25, 0.3) is 0 Å². The Morgan fingerprint density at radius 2 is 2.28 bits per heavy atom. The van der Waals surface area contributed by atoms with Gasteiger partial charge in [-0.3, -0.25) is 14.3 Å². The van der Waals surface area contributed by atoms with Gasteiger partial charge in [-0.2, -0.15) is 5.10 Å². The van der Waals surface area contributed by atoms with Crippen LogP contribution < -0.4 is 5.32 Å². The van der Waals surface area contributed by atoms with E-state index < -0.39 is 5.97 Å². The molecule has 1 aromatic rings. The molecule has 1 aromatic heterocycles. The molecule has 98 valence electrons. The van der Waals surface area contributed by atoms with Gasteiger partial charge >= 0.3 is 5.97 Å². The maximum atomic E-state index is 11.7. The molecule has 2 N–H and O–H groups in total. The Hall–Kier alpha value is -1.92. The van der Waals surface area contributed by atoms with Gasteiger partial charge in [-0.15, -0.1) is 0 Å². The lowest BCUT2D eigenvalue weighted by Crippen LogP contribution is -2.33. The van der Waals surface area contributed by atoms with Crippen LogP contribution in [0.5, 0.6) is 0 Å². The van der Waals surface area contributed by atoms with E-state index in [2.05, 4.69) is 15.4 Å². The fourth-order valence-corrected chi connectivity index (χ4v) is 2.20. The largest absolute Gasteiger partial charge is 0.481 e. The monoisotopic (exact) mass is 252 g/mol. The van der Waals surface area contributed by atoms with Crippen molar-refractivity contribution in [3.63, 3.8) is 0 Å². The second kappa shape index (κ2) is 5.61. The lowest BCUT2D eigenvalue weighted by molar-refractivity contribution is -0.141. The molecule has 2 rings (SSSR count). The average Bonchev–Trinajstić information content (AvgIpc) is 2.96. The smallest absolute Gasteiger partial charge is 0.306 e. The number of hydrogen-bond donors (Lipinski definition) is 2. The topological polar surface area (TPSA) is 97.1 Å². The van der Waals surface area contributed by atoms with Crippen LogP contribution in [-0.2, 0) is 16.1 Å². The molecule has 0 aliphatic heterocycles. The summed E-state index contributed by atoms with van der Waals surface area (Å²) in [6.07, 6.45) is 5.23. The SMILES string of the molecule is O=C(CCn1cncn1)N[C@@H]1CC[C@H](C(=O)O)C1. The van der Waals surface area contributed by atoms with Gasteiger partial charge in [0.2, 0.25) is 5.91 Å². The van der Waals surface area contributed by atoms with Crippen LogP contribution in [0, 0.1) is 5.92 Å². The number of carbonyl (C=O) groups excluding carboxylic acids is 1. The van der Waals surface area contributed by atoms with Gasteiger partial charge in [0.05, 0.1) is 12.5 Å². The van der Waals surface area contributed by atoms with Crippen molar-refractivity contribution in [3.8, 4) is 0 Å². The number of hydrogen-bond acceptors (Lipinski definition) is 4. The van der Waals surface area contributed by atoms with Gasteiger partial charge in [0, 0.05) is 12.5 Å². The molecule has 0 aromatic carbocycles. The second-order valence-electron chi connectivity index (χ2n) is 4.52. The Kier molecular flexibility index (Phi) is 3.91. The lowest BCUT2D eigenvalue weighted by Gasteiger charge is -2.12. The van der Waals surface area contributed by atoms with Crippen LogP contribution in [0.2, 0.25) is 0 Å². The first-order chi connectivity index (χ1) is 8.65. The van der Waals surface area contributed by atoms with E-state index in [4.69, 9.17) is 5.11 Å². The maximum Gasteiger partial charge on any atom is 0.306 e. The van der Waals surface area contributed by atoms with Crippen molar-refractivity contribution in [3.05, 3.63) is 12.7 Å². The summed E-state index contributed by atoms with van der Waals surface area (Å²) in [5.74, 6) is -1.15. The number of amides is 1. The second-order valence-corrected chi connectivity index (χ2v) is 4.52. The van der Waals surface area contributed by atoms with Crippen molar-refractivity contribution in [2.24, 2.45) is 5.92 Å². The van der Waals surface area contributed by atoms with Crippen molar-refractivity contribution in [1.82, 2.24) is 20.1 Å². The summed E-state index contributed by atoms with van der Waals surface area (Å²) < 4.78 is 1.59. The molecule has 1 saturated carbocycles. The minimum absolute atomic E-state index is 0.00523. The van der Waals surface area contributed by atoms with Crippen molar-refractivity contribution in [2.75, 3.05) is 0 Å². The average molecular weight is 252 g/mol. The first-order valence-electron chi connectivity index (χ1n) is 5.99. The highest BCUT2D eigenvalue weighted by molar-refractivity contribution is 5.76. The predicted molar refractivity (Wildman–Crippen MR) is 61.5 cm³/mol. The molecule has 1 fully saturated rings. The molecule has 1 heterocycles. The maximum absolute atomic E-state index is 11.7. The number of carbonyl (C=O) groups is 2. The van der Waals surface area contributed by atoms with E-state index in [1.807, 2.05) is 0 Å². The first kappa shape index (κ1) is 12.5. The number of nitrogens with one attached hydrogen (secondary N) is 1. The van der Waals surface area contributed by atoms with E-state index in [0.29, 0.717) is 25.8 Å². The third kappa shape index (κ3) is 3.28. The molecule has 1 amide bonds. The van der Waals surface area contributed by atoms with Crippen LogP contribution >= 0.6 is 0 Å². The summed E-state index contributed by atoms with van der Waals surface area (Å²) in [4.78, 5) is 26.2. The number of carboxylic acid groups (broad SMARTS) is 1. The van der Waals surface area contributed by atoms with E-state index in [1.54, 1.807) is 11.0 Å². The van der Waals surface area contributed by atoms with Crippen molar-refractivity contribution < 1.29 is 14.7 Å². The molecule has 1 aliphatic rings. The number of nitrogens with zero attached hydrogens (tertiary/aromatic N) is 3. The summed E-state index contributed by atoms with van der Waals surface area (Å²) in [6, 6.07) is -0.00523. The van der Waals surface area contributed by atoms with Gasteiger partial charge < -0.3 is 10.4 Å². The summed E-state index contributed by atoms with van der Waals surface area (Å²) in [5.41, 5.74) is 0. The number of carboxylic acids is 1. The predicted octanol–water partition coefficient (Wildman–Crippen LogP) is 0.0377. The van der Waals surface area contributed by atoms with E-state index in [9.17, 15) is 9.59 Å². The number of aryl methyl sites for hydroxylation is 1. The van der Waals surface area contributed by atoms with Crippen LogP contribution in [0.1, 0.15) is 25.7 Å². The van der Waals surface area contributed by atoms with Crippen molar-refractivity contribution >= 4 is 11.9 Å². The molecule has 0 saturated heterocycles. The summed E-state index contributed by atoms with van der Waals surface area (Å²) in [5, 5.41) is 15.6. The van der Waals surface area contributed by atoms with E-state index >= 15 is 0 Å². The molecule has 0 unspecified atom stereocenters. The molecular weight excluding hydrogens is 236 g/mol. The third-order valence-corrected chi connectivity index (χ3v) is 3.18. The standard InChI is InChI=1S/C11H16N4O3/c16-10(3-4-15-7-12-6-13-15)14-9-2-1-8(5-9)11(17)18/h6-9H,1-5H2,(H,14,16)(H,17,18)/t8-,9+/m0/s1. The molecule has 7 heteroatoms. The highest BCUT2D eigenvalue weighted by Gasteiger charge is 2.30. The number of aromatic nitrogens is 3. The van der Waals surface area contributed by atoms with Gasteiger partial charge in [0.15, 0.2) is 0 Å². The summed E-state index contributed by atoms with van der Waals surface area (Å²) >= 11 is 0. The van der Waals surface area contributed by atoms with Gasteiger partial charge in [-0.1, -0.05) is 0 Å². The molecule has 18 heavy (non-hydrogen) atoms. The van der Waals surface area contributed by atoms with E-state index in [1.165, 1.54) is 6.33 Å². The number of aliphatic carboxylic acids is 1. The molecule has 0 radical (unpaired) electrons. The fourth-order valence-electron chi connectivity index (χ4n) is 2.20. The molecule has 0 spiro atoms. The zero-order chi connectivity index (χ0) is 13.0. The van der Waals surface area contributed by atoms with Crippen LogP contribution in [0.4, 0.5) is 0 Å². The highest BCUT2D eigenvalue weighted by Crippen LogP contribution is 2.25. The third-order valence-electron chi connectivity index (χ3n) is 3.18.